The van der Waals surface area contributed by atoms with Crippen LogP contribution in [0.1, 0.15) is 46.9 Å². The van der Waals surface area contributed by atoms with Gasteiger partial charge in [-0.05, 0) is 65.9 Å². The van der Waals surface area contributed by atoms with Crippen molar-refractivity contribution in [2.75, 3.05) is 6.61 Å². The number of hydrogen-bond acceptors (Lipinski definition) is 6. The third kappa shape index (κ3) is 4.73. The Morgan fingerprint density at radius 1 is 1.06 bits per heavy atom. The predicted octanol–water partition coefficient (Wildman–Crippen LogP) is 3.97. The van der Waals surface area contributed by atoms with E-state index in [0.717, 1.165) is 5.56 Å². The first-order valence-electron chi connectivity index (χ1n) is 11.3. The fraction of sp³-hybridized carbons (Fsp3) is 0.296. The van der Waals surface area contributed by atoms with E-state index in [2.05, 4.69) is 23.8 Å². The van der Waals surface area contributed by atoms with Crippen LogP contribution in [0.25, 0.3) is 0 Å². The highest BCUT2D eigenvalue weighted by Crippen LogP contribution is 2.39. The van der Waals surface area contributed by atoms with Crippen molar-refractivity contribution in [3.8, 4) is 5.75 Å². The van der Waals surface area contributed by atoms with Gasteiger partial charge in [-0.3, -0.25) is 24.4 Å². The molecule has 1 saturated heterocycles. The number of hydrogen-bond donors (Lipinski definition) is 0. The summed E-state index contributed by atoms with van der Waals surface area (Å²) in [6.07, 6.45) is 6.48. The average Bonchev–Trinajstić information content (AvgIpc) is 3.08. The number of aryl methyl sites for hydroxylation is 1. The lowest BCUT2D eigenvalue weighted by Gasteiger charge is -2.27. The maximum Gasteiger partial charge on any atom is 0.291 e. The van der Waals surface area contributed by atoms with E-state index in [4.69, 9.17) is 4.74 Å². The molecule has 2 aromatic heterocycles. The van der Waals surface area contributed by atoms with Crippen LogP contribution in [0.5, 0.6) is 5.75 Å². The summed E-state index contributed by atoms with van der Waals surface area (Å²) >= 11 is 0. The topological polar surface area (TPSA) is 89.5 Å². The van der Waals surface area contributed by atoms with Gasteiger partial charge in [0.15, 0.2) is 5.78 Å². The molecule has 1 aliphatic rings. The molecular weight excluding hydrogens is 430 g/mol. The number of aromatic nitrogens is 2. The van der Waals surface area contributed by atoms with Crippen LogP contribution < -0.4 is 4.74 Å². The molecule has 7 heteroatoms. The fourth-order valence-corrected chi connectivity index (χ4v) is 4.21. The second-order valence-corrected chi connectivity index (χ2v) is 8.91. The molecular formula is C27H27N3O4. The van der Waals surface area contributed by atoms with Crippen LogP contribution in [-0.2, 0) is 16.1 Å². The van der Waals surface area contributed by atoms with Gasteiger partial charge in [0, 0.05) is 36.9 Å². The molecule has 0 radical (unpaired) electrons. The molecule has 7 nitrogen and oxygen atoms in total. The van der Waals surface area contributed by atoms with E-state index in [1.54, 1.807) is 61.2 Å². The highest BCUT2D eigenvalue weighted by atomic mass is 16.5. The smallest absolute Gasteiger partial charge is 0.291 e. The van der Waals surface area contributed by atoms with Crippen molar-refractivity contribution < 1.29 is 19.1 Å². The lowest BCUT2D eigenvalue weighted by atomic mass is 9.85. The zero-order chi connectivity index (χ0) is 24.2. The van der Waals surface area contributed by atoms with Crippen molar-refractivity contribution in [2.24, 2.45) is 11.8 Å². The highest BCUT2D eigenvalue weighted by molar-refractivity contribution is 6.44. The largest absolute Gasteiger partial charge is 0.493 e. The Bertz CT molecular complexity index is 1200. The normalized spacial score (nSPS) is 17.9. The van der Waals surface area contributed by atoms with Gasteiger partial charge in [-0.25, -0.2) is 0 Å². The molecule has 2 unspecified atom stereocenters. The summed E-state index contributed by atoms with van der Waals surface area (Å²) in [6.45, 7) is 6.67. The van der Waals surface area contributed by atoms with E-state index in [1.807, 2.05) is 13.0 Å². The predicted molar refractivity (Wildman–Crippen MR) is 126 cm³/mol. The van der Waals surface area contributed by atoms with Crippen molar-refractivity contribution >= 4 is 17.5 Å². The number of benzene rings is 1. The van der Waals surface area contributed by atoms with Gasteiger partial charge in [0.05, 0.1) is 12.6 Å². The van der Waals surface area contributed by atoms with Crippen LogP contribution in [0, 0.1) is 18.8 Å². The van der Waals surface area contributed by atoms with Crippen LogP contribution in [-0.4, -0.2) is 38.9 Å². The summed E-state index contributed by atoms with van der Waals surface area (Å²) in [4.78, 5) is 49.6. The van der Waals surface area contributed by atoms with Gasteiger partial charge >= 0.3 is 0 Å². The summed E-state index contributed by atoms with van der Waals surface area (Å²) in [5.41, 5.74) is 2.57. The monoisotopic (exact) mass is 457 g/mol. The van der Waals surface area contributed by atoms with E-state index in [-0.39, 0.29) is 12.3 Å². The number of rotatable bonds is 8. The van der Waals surface area contributed by atoms with E-state index in [0.29, 0.717) is 35.0 Å². The first-order chi connectivity index (χ1) is 16.4. The summed E-state index contributed by atoms with van der Waals surface area (Å²) in [5.74, 6) is -1.85. The minimum Gasteiger partial charge on any atom is -0.493 e. The molecule has 1 aliphatic heterocycles. The summed E-state index contributed by atoms with van der Waals surface area (Å²) in [7, 11) is 0. The number of ether oxygens (including phenoxy) is 1. The Labute approximate surface area is 198 Å². The standard InChI is InChI=1S/C27H27N3O4/c1-17(2)16-34-21-6-7-22(18(3)13-21)25(31)23-24(20-8-11-28-12-9-20)30(27(33)26(23)32)15-19-5-4-10-29-14-19/h4-14,17,23-24H,15-16H2,1-3H3. The minimum atomic E-state index is -1.15. The molecule has 2 atom stereocenters. The molecule has 1 fully saturated rings. The van der Waals surface area contributed by atoms with Crippen molar-refractivity contribution in [1.29, 1.82) is 0 Å². The van der Waals surface area contributed by atoms with Crippen LogP contribution in [0.15, 0.2) is 67.3 Å². The van der Waals surface area contributed by atoms with E-state index in [9.17, 15) is 14.4 Å². The molecule has 0 aliphatic carbocycles. The number of Topliss-reactive ketones (excluding diaryl/α,β-unsaturated/α-hetero) is 2. The van der Waals surface area contributed by atoms with Gasteiger partial charge in [-0.2, -0.15) is 0 Å². The summed E-state index contributed by atoms with van der Waals surface area (Å²) < 4.78 is 5.77. The van der Waals surface area contributed by atoms with Gasteiger partial charge in [-0.15, -0.1) is 0 Å². The summed E-state index contributed by atoms with van der Waals surface area (Å²) in [5, 5.41) is 0. The van der Waals surface area contributed by atoms with Crippen LogP contribution in [0.2, 0.25) is 0 Å². The molecule has 174 valence electrons. The van der Waals surface area contributed by atoms with Crippen LogP contribution in [0.3, 0.4) is 0 Å². The number of nitrogens with zero attached hydrogens (tertiary/aromatic N) is 3. The molecule has 0 spiro atoms. The van der Waals surface area contributed by atoms with E-state index < -0.39 is 23.7 Å². The zero-order valence-electron chi connectivity index (χ0n) is 19.5. The molecule has 4 rings (SSSR count). The quantitative estimate of drug-likeness (QED) is 0.289. The van der Waals surface area contributed by atoms with Crippen molar-refractivity contribution in [2.45, 2.75) is 33.4 Å². The number of likely N-dealkylation sites (tertiary alicyclic amines) is 1. The molecule has 34 heavy (non-hydrogen) atoms. The number of amides is 1. The van der Waals surface area contributed by atoms with Gasteiger partial charge in [-0.1, -0.05) is 19.9 Å². The summed E-state index contributed by atoms with van der Waals surface area (Å²) in [6, 6.07) is 11.6. The Morgan fingerprint density at radius 3 is 2.47 bits per heavy atom. The fourth-order valence-electron chi connectivity index (χ4n) is 4.21. The molecule has 1 amide bonds. The second kappa shape index (κ2) is 9.95. The molecule has 3 heterocycles. The molecule has 0 saturated carbocycles. The lowest BCUT2D eigenvalue weighted by Crippen LogP contribution is -2.30. The van der Waals surface area contributed by atoms with Gasteiger partial charge < -0.3 is 9.64 Å². The Morgan fingerprint density at radius 2 is 1.82 bits per heavy atom. The second-order valence-electron chi connectivity index (χ2n) is 8.91. The third-order valence-corrected chi connectivity index (χ3v) is 5.86. The lowest BCUT2D eigenvalue weighted by molar-refractivity contribution is -0.141. The van der Waals surface area contributed by atoms with Crippen molar-refractivity contribution in [3.05, 3.63) is 89.5 Å². The van der Waals surface area contributed by atoms with Crippen LogP contribution >= 0.6 is 0 Å². The SMILES string of the molecule is Cc1cc(OCC(C)C)ccc1C(=O)C1C(=O)C(=O)N(Cc2cccnc2)C1c1ccncc1. The third-order valence-electron chi connectivity index (χ3n) is 5.86. The highest BCUT2D eigenvalue weighted by Gasteiger charge is 2.51. The first-order valence-corrected chi connectivity index (χ1v) is 11.3. The van der Waals surface area contributed by atoms with E-state index in [1.165, 1.54) is 4.90 Å². The van der Waals surface area contributed by atoms with Gasteiger partial charge in [0.1, 0.15) is 11.7 Å². The number of pyridine rings is 2. The number of carbonyl (C=O) groups excluding carboxylic acids is 3. The molecule has 0 N–H and O–H groups in total. The Hall–Kier alpha value is -3.87. The Kier molecular flexibility index (Phi) is 6.82. The number of ketones is 2. The van der Waals surface area contributed by atoms with Gasteiger partial charge in [0.2, 0.25) is 5.78 Å². The van der Waals surface area contributed by atoms with Crippen molar-refractivity contribution in [3.63, 3.8) is 0 Å². The van der Waals surface area contributed by atoms with Gasteiger partial charge in [0.25, 0.3) is 5.91 Å². The Balaban J connectivity index is 1.69. The minimum absolute atomic E-state index is 0.177. The average molecular weight is 458 g/mol. The maximum absolute atomic E-state index is 13.7. The van der Waals surface area contributed by atoms with Crippen LogP contribution in [0.4, 0.5) is 0 Å². The first kappa shape index (κ1) is 23.3. The number of carbonyl (C=O) groups is 3. The molecule has 3 aromatic rings. The van der Waals surface area contributed by atoms with E-state index >= 15 is 0 Å². The molecule has 0 bridgehead atoms. The molecule has 1 aromatic carbocycles. The maximum atomic E-state index is 13.7. The van der Waals surface area contributed by atoms with Crippen molar-refractivity contribution in [1.82, 2.24) is 14.9 Å². The zero-order valence-corrected chi connectivity index (χ0v) is 19.5.